The molecule has 2 rings (SSSR count). The second-order valence-electron chi connectivity index (χ2n) is 2.85. The van der Waals surface area contributed by atoms with E-state index >= 15 is 0 Å². The minimum absolute atomic E-state index is 0.0543. The number of benzene rings is 1. The molecule has 1 aromatic carbocycles. The highest BCUT2D eigenvalue weighted by atomic mass is 16.4. The molecular formula is C9H8N4O2. The summed E-state index contributed by atoms with van der Waals surface area (Å²) in [5.74, 6) is -1.45. The van der Waals surface area contributed by atoms with Crippen molar-refractivity contribution in [1.82, 2.24) is 14.8 Å². The van der Waals surface area contributed by atoms with Crippen molar-refractivity contribution in [2.75, 3.05) is 5.73 Å². The zero-order valence-electron chi connectivity index (χ0n) is 7.66. The summed E-state index contributed by atoms with van der Waals surface area (Å²) in [6, 6.07) is 8.97. The molecule has 2 aromatic rings. The summed E-state index contributed by atoms with van der Waals surface area (Å²) in [5.41, 5.74) is 6.21. The largest absolute Gasteiger partial charge is 0.475 e. The number of carbonyl (C=O) groups is 1. The van der Waals surface area contributed by atoms with Crippen LogP contribution in [0.4, 0.5) is 5.95 Å². The maximum Gasteiger partial charge on any atom is 0.375 e. The molecule has 0 aliphatic rings. The van der Waals surface area contributed by atoms with Crippen LogP contribution < -0.4 is 5.73 Å². The van der Waals surface area contributed by atoms with Crippen LogP contribution in [0.25, 0.3) is 5.69 Å². The maximum absolute atomic E-state index is 10.6. The molecule has 0 saturated carbocycles. The van der Waals surface area contributed by atoms with Crippen LogP contribution >= 0.6 is 0 Å². The topological polar surface area (TPSA) is 94.0 Å². The zero-order valence-corrected chi connectivity index (χ0v) is 7.66. The number of hydrogen-bond donors (Lipinski definition) is 2. The van der Waals surface area contributed by atoms with Crippen LogP contribution in [-0.2, 0) is 0 Å². The lowest BCUT2D eigenvalue weighted by Gasteiger charge is -2.00. The van der Waals surface area contributed by atoms with Gasteiger partial charge in [-0.05, 0) is 12.1 Å². The van der Waals surface area contributed by atoms with Crippen molar-refractivity contribution in [2.24, 2.45) is 0 Å². The van der Waals surface area contributed by atoms with E-state index in [1.54, 1.807) is 24.3 Å². The first-order valence-electron chi connectivity index (χ1n) is 4.20. The third kappa shape index (κ3) is 1.64. The number of carboxylic acids is 1. The molecule has 3 N–H and O–H groups in total. The van der Waals surface area contributed by atoms with Crippen molar-refractivity contribution in [3.63, 3.8) is 0 Å². The third-order valence-electron chi connectivity index (χ3n) is 1.82. The molecule has 76 valence electrons. The summed E-state index contributed by atoms with van der Waals surface area (Å²) >= 11 is 0. The van der Waals surface area contributed by atoms with Crippen molar-refractivity contribution in [2.45, 2.75) is 0 Å². The molecule has 0 radical (unpaired) electrons. The van der Waals surface area contributed by atoms with Gasteiger partial charge < -0.3 is 10.8 Å². The number of anilines is 1. The number of hydrogen-bond acceptors (Lipinski definition) is 4. The predicted molar refractivity (Wildman–Crippen MR) is 52.7 cm³/mol. The summed E-state index contributed by atoms with van der Waals surface area (Å²) < 4.78 is 1.28. The molecule has 0 bridgehead atoms. The lowest BCUT2D eigenvalue weighted by molar-refractivity contribution is 0.0683. The molecule has 1 heterocycles. The van der Waals surface area contributed by atoms with Gasteiger partial charge in [0.25, 0.3) is 5.82 Å². The second-order valence-corrected chi connectivity index (χ2v) is 2.85. The summed E-state index contributed by atoms with van der Waals surface area (Å²) in [5, 5.41) is 12.4. The third-order valence-corrected chi connectivity index (χ3v) is 1.82. The minimum atomic E-state index is -1.20. The molecule has 0 saturated heterocycles. The van der Waals surface area contributed by atoms with Gasteiger partial charge in [-0.3, -0.25) is 0 Å². The van der Waals surface area contributed by atoms with Gasteiger partial charge in [0.1, 0.15) is 0 Å². The molecule has 0 spiro atoms. The van der Waals surface area contributed by atoms with Crippen molar-refractivity contribution >= 4 is 11.9 Å². The number of nitrogen functional groups attached to an aromatic ring is 1. The Morgan fingerprint density at radius 3 is 2.53 bits per heavy atom. The SMILES string of the molecule is Nc1nc(C(=O)O)nn1-c1ccccc1. The Balaban J connectivity index is 2.50. The fourth-order valence-electron chi connectivity index (χ4n) is 1.17. The number of nitrogens with two attached hydrogens (primary N) is 1. The van der Waals surface area contributed by atoms with E-state index in [1.807, 2.05) is 6.07 Å². The quantitative estimate of drug-likeness (QED) is 0.744. The first kappa shape index (κ1) is 9.20. The molecular weight excluding hydrogens is 196 g/mol. The number of nitrogens with zero attached hydrogens (tertiary/aromatic N) is 3. The average molecular weight is 204 g/mol. The molecule has 0 aliphatic heterocycles. The molecule has 6 nitrogen and oxygen atoms in total. The Labute approximate surface area is 85.0 Å². The fourth-order valence-corrected chi connectivity index (χ4v) is 1.17. The van der Waals surface area contributed by atoms with Crippen molar-refractivity contribution in [3.05, 3.63) is 36.2 Å². The van der Waals surface area contributed by atoms with Gasteiger partial charge in [-0.2, -0.15) is 9.67 Å². The van der Waals surface area contributed by atoms with Crippen LogP contribution in [-0.4, -0.2) is 25.8 Å². The van der Waals surface area contributed by atoms with E-state index in [-0.39, 0.29) is 11.8 Å². The number of aromatic nitrogens is 3. The summed E-state index contributed by atoms with van der Waals surface area (Å²) in [6.07, 6.45) is 0. The van der Waals surface area contributed by atoms with Gasteiger partial charge in [0, 0.05) is 0 Å². The normalized spacial score (nSPS) is 10.1. The van der Waals surface area contributed by atoms with Crippen molar-refractivity contribution in [1.29, 1.82) is 0 Å². The average Bonchev–Trinajstić information content (AvgIpc) is 2.62. The number of aromatic carboxylic acids is 1. The van der Waals surface area contributed by atoms with Crippen molar-refractivity contribution < 1.29 is 9.90 Å². The van der Waals surface area contributed by atoms with Gasteiger partial charge in [0.15, 0.2) is 0 Å². The number of rotatable bonds is 2. The highest BCUT2D eigenvalue weighted by Gasteiger charge is 2.13. The molecule has 0 atom stereocenters. The maximum atomic E-state index is 10.6. The van der Waals surface area contributed by atoms with Crippen LogP contribution in [0, 0.1) is 0 Å². The van der Waals surface area contributed by atoms with E-state index in [0.29, 0.717) is 5.69 Å². The van der Waals surface area contributed by atoms with Gasteiger partial charge in [-0.25, -0.2) is 4.79 Å². The molecule has 15 heavy (non-hydrogen) atoms. The molecule has 0 unspecified atom stereocenters. The predicted octanol–water partition coefficient (Wildman–Crippen LogP) is 0.548. The Morgan fingerprint density at radius 2 is 2.00 bits per heavy atom. The second kappa shape index (κ2) is 3.41. The zero-order chi connectivity index (χ0) is 10.8. The van der Waals surface area contributed by atoms with Gasteiger partial charge in [0.2, 0.25) is 5.95 Å². The first-order valence-corrected chi connectivity index (χ1v) is 4.20. The van der Waals surface area contributed by atoms with E-state index in [9.17, 15) is 4.79 Å². The molecule has 6 heteroatoms. The van der Waals surface area contributed by atoms with Gasteiger partial charge in [0.05, 0.1) is 5.69 Å². The lowest BCUT2D eigenvalue weighted by Crippen LogP contribution is -2.03. The van der Waals surface area contributed by atoms with Crippen LogP contribution in [0.5, 0.6) is 0 Å². The first-order chi connectivity index (χ1) is 7.18. The fraction of sp³-hybridized carbons (Fsp3) is 0. The smallest absolute Gasteiger partial charge is 0.375 e. The molecule has 1 aromatic heterocycles. The Morgan fingerprint density at radius 1 is 1.33 bits per heavy atom. The Kier molecular flexibility index (Phi) is 2.09. The monoisotopic (exact) mass is 204 g/mol. The summed E-state index contributed by atoms with van der Waals surface area (Å²) in [7, 11) is 0. The molecule has 0 aliphatic carbocycles. The van der Waals surface area contributed by atoms with E-state index in [2.05, 4.69) is 10.1 Å². The van der Waals surface area contributed by atoms with Gasteiger partial charge in [-0.1, -0.05) is 18.2 Å². The number of carboxylic acid groups (broad SMARTS) is 1. The van der Waals surface area contributed by atoms with Crippen LogP contribution in [0.1, 0.15) is 10.6 Å². The molecule has 0 amide bonds. The van der Waals surface area contributed by atoms with Gasteiger partial charge >= 0.3 is 5.97 Å². The van der Waals surface area contributed by atoms with E-state index in [0.717, 1.165) is 0 Å². The number of para-hydroxylation sites is 1. The Bertz CT molecular complexity index is 492. The summed E-state index contributed by atoms with van der Waals surface area (Å²) in [4.78, 5) is 14.2. The van der Waals surface area contributed by atoms with Crippen molar-refractivity contribution in [3.8, 4) is 5.69 Å². The highest BCUT2D eigenvalue weighted by Crippen LogP contribution is 2.10. The van der Waals surface area contributed by atoms with Gasteiger partial charge in [-0.15, -0.1) is 5.10 Å². The minimum Gasteiger partial charge on any atom is -0.475 e. The van der Waals surface area contributed by atoms with E-state index < -0.39 is 5.97 Å². The standard InChI is InChI=1S/C9H8N4O2/c10-9-11-7(8(14)15)12-13(9)6-4-2-1-3-5-6/h1-5H,(H,14,15)(H2,10,11,12). The van der Waals surface area contributed by atoms with Crippen LogP contribution in [0.15, 0.2) is 30.3 Å². The lowest BCUT2D eigenvalue weighted by atomic mass is 10.3. The van der Waals surface area contributed by atoms with E-state index in [1.165, 1.54) is 4.68 Å². The molecule has 0 fully saturated rings. The summed E-state index contributed by atoms with van der Waals surface area (Å²) in [6.45, 7) is 0. The van der Waals surface area contributed by atoms with E-state index in [4.69, 9.17) is 10.8 Å². The highest BCUT2D eigenvalue weighted by molar-refractivity contribution is 5.83. The van der Waals surface area contributed by atoms with Crippen LogP contribution in [0.3, 0.4) is 0 Å². The van der Waals surface area contributed by atoms with Crippen LogP contribution in [0.2, 0.25) is 0 Å². The Hall–Kier alpha value is -2.37.